The number of sulfone groups is 1. The summed E-state index contributed by atoms with van der Waals surface area (Å²) >= 11 is 0. The Labute approximate surface area is 131 Å². The summed E-state index contributed by atoms with van der Waals surface area (Å²) in [6.07, 6.45) is 1.69. The van der Waals surface area contributed by atoms with Crippen LogP contribution in [0.5, 0.6) is 0 Å². The SMILES string of the molecule is Cc1ccc(NC(N)=NCCCS(C)(=O)=O)cc1.I. The molecule has 0 aliphatic carbocycles. The number of aliphatic imine (C=N–C) groups is 1. The number of guanidine groups is 1. The third kappa shape index (κ3) is 8.82. The molecule has 0 radical (unpaired) electrons. The molecule has 0 fully saturated rings. The number of nitrogens with one attached hydrogen (secondary N) is 1. The Balaban J connectivity index is 0.00000324. The zero-order valence-corrected chi connectivity index (χ0v) is 14.2. The molecule has 1 aromatic rings. The van der Waals surface area contributed by atoms with Gasteiger partial charge in [0, 0.05) is 18.5 Å². The summed E-state index contributed by atoms with van der Waals surface area (Å²) in [4.78, 5) is 4.06. The number of aryl methyl sites for hydroxylation is 1. The van der Waals surface area contributed by atoms with E-state index in [1.165, 1.54) is 11.8 Å². The second kappa shape index (κ2) is 8.36. The molecule has 0 saturated carbocycles. The third-order valence-corrected chi connectivity index (χ3v) is 3.31. The summed E-state index contributed by atoms with van der Waals surface area (Å²) in [5, 5.41) is 2.95. The average Bonchev–Trinajstić information content (AvgIpc) is 2.26. The van der Waals surface area contributed by atoms with E-state index in [0.29, 0.717) is 18.9 Å². The van der Waals surface area contributed by atoms with Crippen LogP contribution in [0, 0.1) is 6.92 Å². The highest BCUT2D eigenvalue weighted by molar-refractivity contribution is 14.0. The number of nitrogens with two attached hydrogens (primary N) is 1. The molecule has 7 heteroatoms. The normalized spacial score (nSPS) is 11.8. The summed E-state index contributed by atoms with van der Waals surface area (Å²) in [6.45, 7) is 2.41. The van der Waals surface area contributed by atoms with Gasteiger partial charge in [0.1, 0.15) is 9.84 Å². The Bertz CT molecular complexity index is 512. The van der Waals surface area contributed by atoms with E-state index in [1.54, 1.807) is 0 Å². The Hall–Kier alpha value is -0.830. The third-order valence-electron chi connectivity index (χ3n) is 2.28. The van der Waals surface area contributed by atoms with Crippen molar-refractivity contribution in [3.05, 3.63) is 29.8 Å². The van der Waals surface area contributed by atoms with Gasteiger partial charge in [0.2, 0.25) is 0 Å². The van der Waals surface area contributed by atoms with Gasteiger partial charge in [0.15, 0.2) is 5.96 Å². The lowest BCUT2D eigenvalue weighted by atomic mass is 10.2. The number of anilines is 1. The Morgan fingerprint density at radius 1 is 1.32 bits per heavy atom. The molecule has 0 aliphatic heterocycles. The summed E-state index contributed by atoms with van der Waals surface area (Å²) in [5.74, 6) is 0.432. The molecule has 0 aromatic heterocycles. The number of nitrogens with zero attached hydrogens (tertiary/aromatic N) is 1. The van der Waals surface area contributed by atoms with Crippen molar-refractivity contribution < 1.29 is 8.42 Å². The van der Waals surface area contributed by atoms with E-state index in [0.717, 1.165) is 5.69 Å². The molecule has 3 N–H and O–H groups in total. The van der Waals surface area contributed by atoms with Crippen molar-refractivity contribution in [2.24, 2.45) is 10.7 Å². The number of halogens is 1. The van der Waals surface area contributed by atoms with Crippen LogP contribution in [0.1, 0.15) is 12.0 Å². The van der Waals surface area contributed by atoms with Gasteiger partial charge in [-0.1, -0.05) is 17.7 Å². The van der Waals surface area contributed by atoms with Gasteiger partial charge >= 0.3 is 0 Å². The van der Waals surface area contributed by atoms with Crippen LogP contribution in [-0.4, -0.2) is 32.9 Å². The molecule has 0 atom stereocenters. The molecule has 5 nitrogen and oxygen atoms in total. The van der Waals surface area contributed by atoms with Gasteiger partial charge in [-0.25, -0.2) is 8.42 Å². The van der Waals surface area contributed by atoms with E-state index in [-0.39, 0.29) is 29.7 Å². The molecule has 0 bridgehead atoms. The quantitative estimate of drug-likeness (QED) is 0.343. The van der Waals surface area contributed by atoms with E-state index in [2.05, 4.69) is 10.3 Å². The number of hydrogen-bond donors (Lipinski definition) is 2. The fourth-order valence-corrected chi connectivity index (χ4v) is 2.00. The zero-order valence-electron chi connectivity index (χ0n) is 11.1. The van der Waals surface area contributed by atoms with Crippen LogP contribution in [-0.2, 0) is 9.84 Å². The summed E-state index contributed by atoms with van der Waals surface area (Å²) in [5.41, 5.74) is 7.72. The molecule has 0 aliphatic rings. The molecule has 0 saturated heterocycles. The molecule has 0 spiro atoms. The van der Waals surface area contributed by atoms with Crippen LogP contribution in [0.2, 0.25) is 0 Å². The number of hydrogen-bond acceptors (Lipinski definition) is 3. The standard InChI is InChI=1S/C12H19N3O2S.HI/c1-10-4-6-11(7-5-10)15-12(13)14-8-3-9-18(2,16)17;/h4-7H,3,8-9H2,1-2H3,(H3,13,14,15);1H. The first-order chi connectivity index (χ1) is 8.37. The predicted octanol–water partition coefficient (Wildman–Crippen LogP) is 1.77. The van der Waals surface area contributed by atoms with Crippen molar-refractivity contribution in [3.8, 4) is 0 Å². The fraction of sp³-hybridized carbons (Fsp3) is 0.417. The molecular weight excluding hydrogens is 377 g/mol. The minimum Gasteiger partial charge on any atom is -0.370 e. The minimum absolute atomic E-state index is 0. The van der Waals surface area contributed by atoms with E-state index >= 15 is 0 Å². The van der Waals surface area contributed by atoms with Crippen molar-refractivity contribution in [1.82, 2.24) is 0 Å². The second-order valence-corrected chi connectivity index (χ2v) is 6.50. The van der Waals surface area contributed by atoms with Crippen molar-refractivity contribution in [2.75, 3.05) is 23.9 Å². The maximum atomic E-state index is 10.9. The van der Waals surface area contributed by atoms with Gasteiger partial charge in [-0.2, -0.15) is 0 Å². The Morgan fingerprint density at radius 2 is 1.89 bits per heavy atom. The van der Waals surface area contributed by atoms with Crippen LogP contribution >= 0.6 is 24.0 Å². The molecule has 108 valence electrons. The highest BCUT2D eigenvalue weighted by Crippen LogP contribution is 2.07. The van der Waals surface area contributed by atoms with Gasteiger partial charge in [-0.3, -0.25) is 4.99 Å². The first kappa shape index (κ1) is 18.2. The topological polar surface area (TPSA) is 84.5 Å². The van der Waals surface area contributed by atoms with Gasteiger partial charge < -0.3 is 11.1 Å². The van der Waals surface area contributed by atoms with Crippen LogP contribution in [0.4, 0.5) is 5.69 Å². The predicted molar refractivity (Wildman–Crippen MR) is 91.0 cm³/mol. The lowest BCUT2D eigenvalue weighted by Crippen LogP contribution is -2.23. The first-order valence-corrected chi connectivity index (χ1v) is 7.74. The maximum Gasteiger partial charge on any atom is 0.193 e. The second-order valence-electron chi connectivity index (χ2n) is 4.24. The zero-order chi connectivity index (χ0) is 13.6. The molecule has 1 rings (SSSR count). The van der Waals surface area contributed by atoms with Crippen LogP contribution < -0.4 is 11.1 Å². The van der Waals surface area contributed by atoms with Crippen LogP contribution in [0.25, 0.3) is 0 Å². The number of rotatable bonds is 5. The van der Waals surface area contributed by atoms with Crippen LogP contribution in [0.3, 0.4) is 0 Å². The van der Waals surface area contributed by atoms with Crippen molar-refractivity contribution in [3.63, 3.8) is 0 Å². The van der Waals surface area contributed by atoms with E-state index < -0.39 is 9.84 Å². The molecule has 1 aromatic carbocycles. The van der Waals surface area contributed by atoms with Gasteiger partial charge in [0.25, 0.3) is 0 Å². The first-order valence-electron chi connectivity index (χ1n) is 5.68. The Kier molecular flexibility index (Phi) is 8.00. The highest BCUT2D eigenvalue weighted by Gasteiger charge is 2.00. The number of benzene rings is 1. The van der Waals surface area contributed by atoms with Gasteiger partial charge in [0.05, 0.1) is 5.75 Å². The van der Waals surface area contributed by atoms with Crippen molar-refractivity contribution >= 4 is 45.5 Å². The summed E-state index contributed by atoms with van der Waals surface area (Å²) in [6, 6.07) is 7.76. The summed E-state index contributed by atoms with van der Waals surface area (Å²) in [7, 11) is -2.92. The lowest BCUT2D eigenvalue weighted by molar-refractivity contribution is 0.599. The fourth-order valence-electron chi connectivity index (χ4n) is 1.35. The smallest absolute Gasteiger partial charge is 0.193 e. The largest absolute Gasteiger partial charge is 0.370 e. The van der Waals surface area contributed by atoms with Crippen LogP contribution in [0.15, 0.2) is 29.3 Å². The van der Waals surface area contributed by atoms with E-state index in [4.69, 9.17) is 5.73 Å². The Morgan fingerprint density at radius 3 is 2.42 bits per heavy atom. The summed E-state index contributed by atoms with van der Waals surface area (Å²) < 4.78 is 21.8. The lowest BCUT2D eigenvalue weighted by Gasteiger charge is -2.05. The molecular formula is C12H20IN3O2S. The average molecular weight is 397 g/mol. The van der Waals surface area contributed by atoms with E-state index in [9.17, 15) is 8.42 Å². The maximum absolute atomic E-state index is 10.9. The van der Waals surface area contributed by atoms with Gasteiger partial charge in [-0.15, -0.1) is 24.0 Å². The molecule has 19 heavy (non-hydrogen) atoms. The van der Waals surface area contributed by atoms with E-state index in [1.807, 2.05) is 31.2 Å². The highest BCUT2D eigenvalue weighted by atomic mass is 127. The molecule has 0 unspecified atom stereocenters. The monoisotopic (exact) mass is 397 g/mol. The van der Waals surface area contributed by atoms with Crippen molar-refractivity contribution in [2.45, 2.75) is 13.3 Å². The van der Waals surface area contributed by atoms with Crippen molar-refractivity contribution in [1.29, 1.82) is 0 Å². The minimum atomic E-state index is -2.92. The van der Waals surface area contributed by atoms with Gasteiger partial charge in [-0.05, 0) is 25.5 Å². The molecule has 0 heterocycles. The molecule has 0 amide bonds.